The van der Waals surface area contributed by atoms with Crippen molar-refractivity contribution >= 4 is 82.5 Å². The van der Waals surface area contributed by atoms with E-state index in [9.17, 15) is 48.3 Å². The predicted octanol–water partition coefficient (Wildman–Crippen LogP) is 3.79. The number of carbonyl (C=O) groups is 9. The summed E-state index contributed by atoms with van der Waals surface area (Å²) >= 11 is 7.96. The third-order valence-corrected chi connectivity index (χ3v) is 16.3. The molecule has 7 amide bonds. The molecule has 73 heavy (non-hydrogen) atoms. The SMILES string of the molecule is COc1cc2cc(c1Cl)N(C)C(=O)C[C@H](OC(=O)CN(C)C(=O)CCS[C@@H]1CC(=O)N(CC3CCC(C(=O)ON4C(=O)CCC4=O)CC3)C1=O)[C@]1(C)O[C@H]1[C@H](C)[C@@H]1C[C@@](O)(NC(=O)O1)[C@H](OC)/C=C/C=C(\C)C2. The largest absolute Gasteiger partial charge is 0.495 e. The maximum absolute atomic E-state index is 14.3. The van der Waals surface area contributed by atoms with Crippen LogP contribution < -0.4 is 15.0 Å². The number of esters is 1. The van der Waals surface area contributed by atoms with Gasteiger partial charge in [0.15, 0.2) is 5.72 Å². The number of halogens is 1. The van der Waals surface area contributed by atoms with Crippen molar-refractivity contribution in [3.8, 4) is 5.75 Å². The highest BCUT2D eigenvalue weighted by molar-refractivity contribution is 8.00. The minimum Gasteiger partial charge on any atom is -0.495 e. The van der Waals surface area contributed by atoms with Crippen molar-refractivity contribution < 1.29 is 76.8 Å². The first-order valence-corrected chi connectivity index (χ1v) is 25.8. The molecule has 0 radical (unpaired) electrons. The number of hydrogen-bond acceptors (Lipinski definition) is 17. The molecule has 0 unspecified atom stereocenters. The van der Waals surface area contributed by atoms with E-state index in [0.29, 0.717) is 48.6 Å². The Labute approximate surface area is 432 Å². The monoisotopic (exact) mass is 1060 g/mol. The van der Waals surface area contributed by atoms with Crippen LogP contribution in [0.25, 0.3) is 0 Å². The molecule has 0 spiro atoms. The van der Waals surface area contributed by atoms with Crippen molar-refractivity contribution in [3.63, 3.8) is 0 Å². The van der Waals surface area contributed by atoms with Crippen LogP contribution in [0.4, 0.5) is 10.5 Å². The zero-order valence-electron chi connectivity index (χ0n) is 42.1. The van der Waals surface area contributed by atoms with E-state index in [1.165, 1.54) is 54.8 Å². The number of anilines is 1. The number of nitrogens with one attached hydrogen (secondary N) is 1. The second-order valence-electron chi connectivity index (χ2n) is 19.9. The molecule has 1 aromatic rings. The second kappa shape index (κ2) is 22.9. The lowest BCUT2D eigenvalue weighted by Crippen LogP contribution is -2.63. The van der Waals surface area contributed by atoms with Crippen LogP contribution >= 0.6 is 23.4 Å². The van der Waals surface area contributed by atoms with Crippen LogP contribution in [-0.4, -0.2) is 162 Å². The van der Waals surface area contributed by atoms with Crippen LogP contribution in [0, 0.1) is 17.8 Å². The molecule has 1 saturated carbocycles. The maximum atomic E-state index is 14.3. The summed E-state index contributed by atoms with van der Waals surface area (Å²) in [5.74, 6) is -4.91. The molecule has 4 bridgehead atoms. The number of imide groups is 2. The molecule has 398 valence electrons. The van der Waals surface area contributed by atoms with Crippen LogP contribution in [0.3, 0.4) is 0 Å². The molecule has 4 saturated heterocycles. The molecular formula is C50H64ClN5O16S. The lowest BCUT2D eigenvalue weighted by Gasteiger charge is -2.42. The van der Waals surface area contributed by atoms with Crippen LogP contribution in [0.2, 0.25) is 5.02 Å². The van der Waals surface area contributed by atoms with Crippen molar-refractivity contribution in [1.29, 1.82) is 0 Å². The van der Waals surface area contributed by atoms with Gasteiger partial charge < -0.3 is 43.4 Å². The summed E-state index contributed by atoms with van der Waals surface area (Å²) < 4.78 is 29.2. The summed E-state index contributed by atoms with van der Waals surface area (Å²) in [6, 6.07) is 3.52. The number of methoxy groups -OCH3 is 2. The van der Waals surface area contributed by atoms with Gasteiger partial charge >= 0.3 is 18.0 Å². The van der Waals surface area contributed by atoms with E-state index in [1.807, 2.05) is 13.0 Å². The molecule has 21 nitrogen and oxygen atoms in total. The summed E-state index contributed by atoms with van der Waals surface area (Å²) in [5, 5.41) is 14.3. The van der Waals surface area contributed by atoms with E-state index in [2.05, 4.69) is 5.32 Å². The number of allylic oxidation sites excluding steroid dienone is 3. The van der Waals surface area contributed by atoms with Gasteiger partial charge in [0.05, 0.1) is 36.5 Å². The van der Waals surface area contributed by atoms with E-state index >= 15 is 0 Å². The van der Waals surface area contributed by atoms with Crippen LogP contribution in [0.5, 0.6) is 5.75 Å². The van der Waals surface area contributed by atoms with Crippen molar-refractivity contribution in [2.75, 3.05) is 52.1 Å². The highest BCUT2D eigenvalue weighted by Gasteiger charge is 2.64. The normalized spacial score (nSPS) is 32.0. The number of hydroxylamine groups is 2. The lowest BCUT2D eigenvalue weighted by molar-refractivity contribution is -0.201. The molecule has 7 rings (SSSR count). The molecule has 1 aliphatic carbocycles. The van der Waals surface area contributed by atoms with Gasteiger partial charge in [-0.3, -0.25) is 43.8 Å². The molecule has 2 N–H and O–H groups in total. The molecule has 5 aliphatic heterocycles. The van der Waals surface area contributed by atoms with Gasteiger partial charge in [0.2, 0.25) is 23.6 Å². The van der Waals surface area contributed by atoms with E-state index in [-0.39, 0.29) is 67.2 Å². The summed E-state index contributed by atoms with van der Waals surface area (Å²) in [6.07, 6.45) is 2.11. The first kappa shape index (κ1) is 55.2. The number of epoxide rings is 1. The smallest absolute Gasteiger partial charge is 0.409 e. The van der Waals surface area contributed by atoms with Gasteiger partial charge in [-0.25, -0.2) is 9.59 Å². The Kier molecular flexibility index (Phi) is 17.3. The molecule has 1 aromatic carbocycles. The molecule has 0 aromatic heterocycles. The first-order valence-electron chi connectivity index (χ1n) is 24.4. The zero-order valence-corrected chi connectivity index (χ0v) is 43.6. The van der Waals surface area contributed by atoms with Crippen molar-refractivity contribution in [1.82, 2.24) is 20.2 Å². The average molecular weight is 1060 g/mol. The summed E-state index contributed by atoms with van der Waals surface area (Å²) in [5.41, 5.74) is -1.20. The fourth-order valence-electron chi connectivity index (χ4n) is 10.2. The highest BCUT2D eigenvalue weighted by atomic mass is 35.5. The Morgan fingerprint density at radius 1 is 1.00 bits per heavy atom. The van der Waals surface area contributed by atoms with Gasteiger partial charge in [0, 0.05) is 71.5 Å². The van der Waals surface area contributed by atoms with Crippen molar-refractivity contribution in [3.05, 3.63) is 46.5 Å². The number of benzene rings is 1. The lowest BCUT2D eigenvalue weighted by atomic mass is 9.82. The van der Waals surface area contributed by atoms with Gasteiger partial charge in [0.25, 0.3) is 11.8 Å². The van der Waals surface area contributed by atoms with Gasteiger partial charge in [-0.2, -0.15) is 0 Å². The fraction of sp³-hybridized carbons (Fsp3) is 0.620. The number of carbonyl (C=O) groups excluding carboxylic acids is 9. The molecule has 8 atom stereocenters. The molecular weight excluding hydrogens is 994 g/mol. The maximum Gasteiger partial charge on any atom is 0.409 e. The Morgan fingerprint density at radius 2 is 1.70 bits per heavy atom. The number of hydrogen-bond donors (Lipinski definition) is 2. The van der Waals surface area contributed by atoms with Gasteiger partial charge in [0.1, 0.15) is 41.2 Å². The van der Waals surface area contributed by atoms with E-state index in [0.717, 1.165) is 11.1 Å². The third-order valence-electron chi connectivity index (χ3n) is 14.7. The number of likely N-dealkylation sites (N-methyl/N-ethyl adjacent to an activating group) is 1. The summed E-state index contributed by atoms with van der Waals surface area (Å²) in [7, 11) is 5.82. The van der Waals surface area contributed by atoms with Gasteiger partial charge in [-0.15, -0.1) is 16.8 Å². The number of ether oxygens (including phenoxy) is 5. The Morgan fingerprint density at radius 3 is 2.37 bits per heavy atom. The summed E-state index contributed by atoms with van der Waals surface area (Å²) in [6.45, 7) is 5.00. The van der Waals surface area contributed by atoms with Crippen LogP contribution in [-0.2, 0) is 68.6 Å². The van der Waals surface area contributed by atoms with Crippen molar-refractivity contribution in [2.24, 2.45) is 17.8 Å². The third kappa shape index (κ3) is 12.5. The Balaban J connectivity index is 0.968. The Bertz CT molecular complexity index is 2430. The number of nitrogens with zero attached hydrogens (tertiary/aromatic N) is 4. The minimum absolute atomic E-state index is 0.00161. The Hall–Kier alpha value is -5.55. The number of fused-ring (bicyclic) bond motifs is 5. The van der Waals surface area contributed by atoms with Crippen LogP contribution in [0.15, 0.2) is 35.9 Å². The number of aliphatic hydroxyl groups is 1. The van der Waals surface area contributed by atoms with E-state index in [1.54, 1.807) is 38.1 Å². The number of alkyl carbamates (subject to hydrolysis) is 1. The number of thioether (sulfide) groups is 1. The molecule has 5 fully saturated rings. The summed E-state index contributed by atoms with van der Waals surface area (Å²) in [4.78, 5) is 126. The van der Waals surface area contributed by atoms with Crippen molar-refractivity contribution in [2.45, 2.75) is 132 Å². The second-order valence-corrected chi connectivity index (χ2v) is 21.6. The highest BCUT2D eigenvalue weighted by Crippen LogP contribution is 2.49. The van der Waals surface area contributed by atoms with Crippen LogP contribution in [0.1, 0.15) is 90.5 Å². The molecule has 23 heteroatoms. The molecule has 6 aliphatic rings. The van der Waals surface area contributed by atoms with Gasteiger partial charge in [-0.1, -0.05) is 42.3 Å². The minimum atomic E-state index is -1.88. The van der Waals surface area contributed by atoms with E-state index < -0.39 is 107 Å². The molecule has 5 heterocycles. The predicted molar refractivity (Wildman–Crippen MR) is 261 cm³/mol. The van der Waals surface area contributed by atoms with E-state index in [4.69, 9.17) is 40.1 Å². The quantitative estimate of drug-likeness (QED) is 0.162. The number of amides is 7. The topological polar surface area (TPSA) is 258 Å². The number of rotatable bonds is 13. The standard InChI is InChI=1S/C50H64ClN5O16S/c1-27-9-8-10-36(68-7)50(66)24-34(69-48(65)52-50)28(2)45-49(3,71-45)37(23-41(60)54(5)32-20-30(19-27)21-33(67-6)44(32)51)70-43(62)26-53(4)38(57)17-18-73-35-22-42(61)55(46(35)63)25-29-11-13-31(14-12-29)47(64)72-56-39(58)15-16-40(56)59/h8-10,20-21,28-29,31,34-37,45,66H,11-19,22-26H2,1-7H3,(H,52,65)/b10-8+,27-9+/t28-,29?,31?,34+,35-,36-,37+,45+,49+,50+/m1/s1. The fourth-order valence-corrected chi connectivity index (χ4v) is 11.6. The first-order chi connectivity index (χ1) is 34.5. The van der Waals surface area contributed by atoms with Gasteiger partial charge in [-0.05, 0) is 69.6 Å². The zero-order chi connectivity index (χ0) is 53.1. The number of likely N-dealkylation sites (tertiary alicyclic amines) is 1. The average Bonchev–Trinajstić information content (AvgIpc) is 3.85.